The van der Waals surface area contributed by atoms with Crippen LogP contribution in [-0.2, 0) is 33.3 Å². The molecule has 0 aliphatic rings. The molecule has 4 amide bonds. The molecule has 0 aromatic heterocycles. The molecular weight excluding hydrogens is 586 g/mol. The third kappa shape index (κ3) is 10.4. The van der Waals surface area contributed by atoms with Crippen LogP contribution in [0.2, 0.25) is 5.02 Å². The SMILES string of the molecule is COCC(OC(=O)COC(=O)CN(C)C(C)=O)OC(=O)N(C(=O)c1ccc(Cl)cc1)N(C(=O)c1ccccc1)C(C)(C)C. The van der Waals surface area contributed by atoms with E-state index in [4.69, 9.17) is 30.5 Å². The van der Waals surface area contributed by atoms with E-state index < -0.39 is 61.4 Å². The lowest BCUT2D eigenvalue weighted by Crippen LogP contribution is -2.60. The number of imide groups is 1. The molecule has 0 radical (unpaired) electrons. The molecule has 43 heavy (non-hydrogen) atoms. The maximum atomic E-state index is 13.8. The highest BCUT2D eigenvalue weighted by Crippen LogP contribution is 2.24. The predicted molar refractivity (Wildman–Crippen MR) is 152 cm³/mol. The third-order valence-corrected chi connectivity index (χ3v) is 5.81. The van der Waals surface area contributed by atoms with Crippen molar-refractivity contribution in [2.45, 2.75) is 39.5 Å². The lowest BCUT2D eigenvalue weighted by molar-refractivity contribution is -0.185. The van der Waals surface area contributed by atoms with E-state index in [1.165, 1.54) is 57.5 Å². The van der Waals surface area contributed by atoms with Gasteiger partial charge in [-0.3, -0.25) is 19.2 Å². The Hall–Kier alpha value is -4.49. The number of hydrogen-bond donors (Lipinski definition) is 0. The molecule has 2 aromatic carbocycles. The topological polar surface area (TPSA) is 149 Å². The molecule has 232 valence electrons. The Labute approximate surface area is 254 Å². The van der Waals surface area contributed by atoms with Crippen molar-refractivity contribution in [3.63, 3.8) is 0 Å². The fourth-order valence-electron chi connectivity index (χ4n) is 3.43. The normalized spacial score (nSPS) is 11.5. The summed E-state index contributed by atoms with van der Waals surface area (Å²) in [6.07, 6.45) is -3.08. The summed E-state index contributed by atoms with van der Waals surface area (Å²) in [4.78, 5) is 77.8. The highest BCUT2D eigenvalue weighted by Gasteiger charge is 2.42. The van der Waals surface area contributed by atoms with Gasteiger partial charge in [-0.25, -0.2) is 14.6 Å². The largest absolute Gasteiger partial charge is 0.452 e. The van der Waals surface area contributed by atoms with Gasteiger partial charge in [0.05, 0.1) is 5.54 Å². The molecule has 0 spiro atoms. The third-order valence-electron chi connectivity index (χ3n) is 5.56. The van der Waals surface area contributed by atoms with Crippen LogP contribution in [0.15, 0.2) is 54.6 Å². The lowest BCUT2D eigenvalue weighted by Gasteiger charge is -2.41. The second kappa shape index (κ2) is 15.7. The van der Waals surface area contributed by atoms with Crippen molar-refractivity contribution < 1.29 is 47.7 Å². The van der Waals surface area contributed by atoms with Gasteiger partial charge in [-0.15, -0.1) is 5.01 Å². The maximum absolute atomic E-state index is 13.8. The molecule has 0 N–H and O–H groups in total. The van der Waals surface area contributed by atoms with Crippen LogP contribution in [-0.4, -0.2) is 96.4 Å². The number of halogens is 1. The molecule has 0 bridgehead atoms. The van der Waals surface area contributed by atoms with Gasteiger partial charge < -0.3 is 23.8 Å². The number of carbonyl (C=O) groups excluding carboxylic acids is 6. The van der Waals surface area contributed by atoms with Crippen molar-refractivity contribution in [3.05, 3.63) is 70.7 Å². The molecule has 1 unspecified atom stereocenters. The van der Waals surface area contributed by atoms with Gasteiger partial charge in [0, 0.05) is 37.2 Å². The minimum Gasteiger partial charge on any atom is -0.452 e. The number of amides is 4. The minimum absolute atomic E-state index is 0.000751. The first kappa shape index (κ1) is 34.7. The molecule has 2 rings (SSSR count). The minimum atomic E-state index is -1.71. The molecule has 0 saturated heterocycles. The molecular formula is C29H34ClN3O10. The molecule has 13 nitrogen and oxygen atoms in total. The maximum Gasteiger partial charge on any atom is 0.439 e. The number of benzene rings is 2. The van der Waals surface area contributed by atoms with Crippen molar-refractivity contribution >= 4 is 47.4 Å². The Bertz CT molecular complexity index is 1310. The monoisotopic (exact) mass is 619 g/mol. The number of nitrogens with zero attached hydrogens (tertiary/aromatic N) is 3. The van der Waals surface area contributed by atoms with Crippen LogP contribution in [0.1, 0.15) is 48.4 Å². The van der Waals surface area contributed by atoms with Crippen LogP contribution < -0.4 is 0 Å². The zero-order valence-electron chi connectivity index (χ0n) is 24.7. The second-order valence-corrected chi connectivity index (χ2v) is 10.5. The number of likely N-dealkylation sites (N-methyl/N-ethyl adjacent to an activating group) is 1. The summed E-state index contributed by atoms with van der Waals surface area (Å²) < 4.78 is 20.2. The van der Waals surface area contributed by atoms with Gasteiger partial charge in [-0.05, 0) is 57.2 Å². The molecule has 0 heterocycles. The fourth-order valence-corrected chi connectivity index (χ4v) is 3.56. The van der Waals surface area contributed by atoms with Crippen LogP contribution in [0.5, 0.6) is 0 Å². The Morgan fingerprint density at radius 2 is 1.42 bits per heavy atom. The van der Waals surface area contributed by atoms with Crippen molar-refractivity contribution in [1.29, 1.82) is 0 Å². The van der Waals surface area contributed by atoms with E-state index in [0.29, 0.717) is 10.0 Å². The molecule has 2 aromatic rings. The fraction of sp³-hybridized carbons (Fsp3) is 0.379. The quantitative estimate of drug-likeness (QED) is 0.220. The van der Waals surface area contributed by atoms with Crippen molar-refractivity contribution in [2.75, 3.05) is 33.9 Å². The van der Waals surface area contributed by atoms with E-state index in [1.807, 2.05) is 0 Å². The Morgan fingerprint density at radius 1 is 0.837 bits per heavy atom. The summed E-state index contributed by atoms with van der Waals surface area (Å²) in [6.45, 7) is 4.33. The van der Waals surface area contributed by atoms with Crippen LogP contribution >= 0.6 is 11.6 Å². The summed E-state index contributed by atoms with van der Waals surface area (Å²) in [5, 5.41) is 1.77. The number of hydrazine groups is 1. The number of hydrogen-bond acceptors (Lipinski definition) is 10. The summed E-state index contributed by atoms with van der Waals surface area (Å²) in [6, 6.07) is 13.6. The lowest BCUT2D eigenvalue weighted by atomic mass is 10.1. The number of methoxy groups -OCH3 is 1. The molecule has 14 heteroatoms. The Balaban J connectivity index is 2.36. The summed E-state index contributed by atoms with van der Waals surface area (Å²) in [5.74, 6) is -4.02. The molecule has 0 aliphatic carbocycles. The number of carbonyl (C=O) groups is 6. The van der Waals surface area contributed by atoms with Gasteiger partial charge in [0.1, 0.15) is 13.2 Å². The smallest absolute Gasteiger partial charge is 0.439 e. The first-order valence-electron chi connectivity index (χ1n) is 12.9. The number of rotatable bonds is 10. The first-order valence-corrected chi connectivity index (χ1v) is 13.3. The summed E-state index contributed by atoms with van der Waals surface area (Å²) in [7, 11) is 2.61. The summed E-state index contributed by atoms with van der Waals surface area (Å²) >= 11 is 5.97. The van der Waals surface area contributed by atoms with Crippen molar-refractivity contribution in [2.24, 2.45) is 0 Å². The first-order chi connectivity index (χ1) is 20.1. The van der Waals surface area contributed by atoms with Gasteiger partial charge in [-0.2, -0.15) is 0 Å². The van der Waals surface area contributed by atoms with Crippen LogP contribution in [0, 0.1) is 0 Å². The predicted octanol–water partition coefficient (Wildman–Crippen LogP) is 3.31. The Kier molecular flexibility index (Phi) is 12.6. The van der Waals surface area contributed by atoms with Crippen LogP contribution in [0.3, 0.4) is 0 Å². The van der Waals surface area contributed by atoms with Crippen molar-refractivity contribution in [3.8, 4) is 0 Å². The van der Waals surface area contributed by atoms with Gasteiger partial charge in [-0.1, -0.05) is 29.8 Å². The van der Waals surface area contributed by atoms with Gasteiger partial charge in [0.2, 0.25) is 5.91 Å². The summed E-state index contributed by atoms with van der Waals surface area (Å²) in [5.41, 5.74) is -0.974. The standard InChI is InChI=1S/C29H34ClN3O10/c1-19(34)31(5)16-23(35)41-17-24(36)42-25(18-40-6)43-28(39)32(26(37)21-12-14-22(30)15-13-21)33(29(2,3)4)27(38)20-10-8-7-9-11-20/h7-15,25H,16-18H2,1-6H3. The van der Waals surface area contributed by atoms with E-state index in [0.717, 1.165) is 9.91 Å². The van der Waals surface area contributed by atoms with Crippen molar-refractivity contribution in [1.82, 2.24) is 14.9 Å². The van der Waals surface area contributed by atoms with Gasteiger partial charge >= 0.3 is 18.0 Å². The van der Waals surface area contributed by atoms with Gasteiger partial charge in [0.25, 0.3) is 18.1 Å². The van der Waals surface area contributed by atoms with Gasteiger partial charge in [0.15, 0.2) is 6.61 Å². The Morgan fingerprint density at radius 3 is 1.95 bits per heavy atom. The van der Waals surface area contributed by atoms with Crippen LogP contribution in [0.25, 0.3) is 0 Å². The average Bonchev–Trinajstić information content (AvgIpc) is 2.94. The molecule has 1 atom stereocenters. The van der Waals surface area contributed by atoms with Crippen LogP contribution in [0.4, 0.5) is 4.79 Å². The highest BCUT2D eigenvalue weighted by molar-refractivity contribution is 6.30. The van der Waals surface area contributed by atoms with E-state index in [9.17, 15) is 28.8 Å². The second-order valence-electron chi connectivity index (χ2n) is 10.1. The molecule has 0 fully saturated rings. The molecule has 0 aliphatic heterocycles. The highest BCUT2D eigenvalue weighted by atomic mass is 35.5. The van der Waals surface area contributed by atoms with E-state index in [1.54, 1.807) is 39.0 Å². The number of esters is 2. The number of ether oxygens (including phenoxy) is 4. The van der Waals surface area contributed by atoms with E-state index in [2.05, 4.69) is 0 Å². The molecule has 0 saturated carbocycles. The zero-order valence-corrected chi connectivity index (χ0v) is 25.5. The van der Waals surface area contributed by atoms with E-state index in [-0.39, 0.29) is 17.0 Å². The zero-order chi connectivity index (χ0) is 32.3. The average molecular weight is 620 g/mol. The van der Waals surface area contributed by atoms with E-state index >= 15 is 0 Å².